The first-order valence-corrected chi connectivity index (χ1v) is 5.00. The molecule has 0 spiro atoms. The highest BCUT2D eigenvalue weighted by molar-refractivity contribution is 7.10. The Morgan fingerprint density at radius 1 is 1.00 bits per heavy atom. The predicted octanol–water partition coefficient (Wildman–Crippen LogP) is 1.77. The van der Waals surface area contributed by atoms with Gasteiger partial charge in [-0.15, -0.1) is 0 Å². The molecule has 2 saturated carbocycles. The van der Waals surface area contributed by atoms with E-state index in [2.05, 4.69) is 18.9 Å². The fourth-order valence-electron chi connectivity index (χ4n) is 2.38. The van der Waals surface area contributed by atoms with Gasteiger partial charge in [0, 0.05) is 18.9 Å². The highest BCUT2D eigenvalue weighted by Crippen LogP contribution is 2.50. The molecule has 0 aromatic carbocycles. The minimum Gasteiger partial charge on any atom is -0.362 e. The fraction of sp³-hybridized carbons (Fsp3) is 1.00. The summed E-state index contributed by atoms with van der Waals surface area (Å²) < 4.78 is 10.5. The van der Waals surface area contributed by atoms with E-state index in [1.54, 1.807) is 0 Å². The quantitative estimate of drug-likeness (QED) is 0.621. The molecule has 0 heterocycles. The van der Waals surface area contributed by atoms with Crippen molar-refractivity contribution in [1.29, 1.82) is 0 Å². The molecular formula is C7H14O2P2. The molecule has 6 atom stereocenters. The van der Waals surface area contributed by atoms with Crippen LogP contribution >= 0.6 is 18.9 Å². The minimum absolute atomic E-state index is 0.472. The van der Waals surface area contributed by atoms with Crippen molar-refractivity contribution in [2.75, 3.05) is 0 Å². The summed E-state index contributed by atoms with van der Waals surface area (Å²) in [7, 11) is 4.73. The van der Waals surface area contributed by atoms with Crippen LogP contribution in [0.25, 0.3) is 0 Å². The lowest BCUT2D eigenvalue weighted by atomic mass is 9.74. The van der Waals surface area contributed by atoms with Gasteiger partial charge in [-0.2, -0.15) is 0 Å². The standard InChI is InChI=1S/C7H14O2P2/c10-8-5-1-4-2-7(9-11)6(4)3-5/h4-7H,1-3,10-11H2/t4-,5-,6-,7+/m0/s1. The van der Waals surface area contributed by atoms with E-state index in [-0.39, 0.29) is 0 Å². The summed E-state index contributed by atoms with van der Waals surface area (Å²) in [6.45, 7) is 0. The summed E-state index contributed by atoms with van der Waals surface area (Å²) in [5.41, 5.74) is 0. The molecule has 64 valence electrons. The Morgan fingerprint density at radius 3 is 2.45 bits per heavy atom. The normalized spacial score (nSPS) is 48.5. The van der Waals surface area contributed by atoms with Crippen LogP contribution in [0.5, 0.6) is 0 Å². The van der Waals surface area contributed by atoms with E-state index in [4.69, 9.17) is 9.05 Å². The van der Waals surface area contributed by atoms with E-state index < -0.39 is 0 Å². The molecule has 2 rings (SSSR count). The van der Waals surface area contributed by atoms with Gasteiger partial charge in [0.1, 0.15) is 0 Å². The SMILES string of the molecule is PO[C@H]1C[C@H]2C[C@@H](OP)[C@H]2C1. The van der Waals surface area contributed by atoms with E-state index in [0.29, 0.717) is 12.2 Å². The lowest BCUT2D eigenvalue weighted by molar-refractivity contribution is 0.0195. The molecule has 2 aliphatic rings. The Balaban J connectivity index is 1.89. The van der Waals surface area contributed by atoms with Crippen LogP contribution in [0.15, 0.2) is 0 Å². The number of hydrogen-bond acceptors (Lipinski definition) is 2. The zero-order valence-corrected chi connectivity index (χ0v) is 8.71. The van der Waals surface area contributed by atoms with Gasteiger partial charge in [-0.25, -0.2) is 0 Å². The van der Waals surface area contributed by atoms with Crippen LogP contribution in [-0.2, 0) is 9.05 Å². The molecular weight excluding hydrogens is 178 g/mol. The van der Waals surface area contributed by atoms with Gasteiger partial charge in [-0.05, 0) is 31.1 Å². The van der Waals surface area contributed by atoms with Crippen LogP contribution in [0.1, 0.15) is 19.3 Å². The summed E-state index contributed by atoms with van der Waals surface area (Å²) >= 11 is 0. The molecule has 2 aliphatic carbocycles. The van der Waals surface area contributed by atoms with Crippen molar-refractivity contribution in [2.24, 2.45) is 11.8 Å². The number of fused-ring (bicyclic) bond motifs is 1. The molecule has 2 nitrogen and oxygen atoms in total. The van der Waals surface area contributed by atoms with Crippen LogP contribution in [-0.4, -0.2) is 12.2 Å². The van der Waals surface area contributed by atoms with Gasteiger partial charge in [-0.1, -0.05) is 0 Å². The zero-order chi connectivity index (χ0) is 7.84. The first kappa shape index (κ1) is 8.38. The maximum absolute atomic E-state index is 5.25. The second-order valence-electron chi connectivity index (χ2n) is 3.56. The van der Waals surface area contributed by atoms with Crippen molar-refractivity contribution < 1.29 is 9.05 Å². The summed E-state index contributed by atoms with van der Waals surface area (Å²) in [5.74, 6) is 1.66. The predicted molar refractivity (Wildman–Crippen MR) is 50.0 cm³/mol. The van der Waals surface area contributed by atoms with Crippen LogP contribution in [0.3, 0.4) is 0 Å². The van der Waals surface area contributed by atoms with Gasteiger partial charge in [-0.3, -0.25) is 0 Å². The van der Waals surface area contributed by atoms with Gasteiger partial charge < -0.3 is 9.05 Å². The molecule has 0 radical (unpaired) electrons. The summed E-state index contributed by atoms with van der Waals surface area (Å²) in [6.07, 6.45) is 4.63. The lowest BCUT2D eigenvalue weighted by Crippen LogP contribution is -2.37. The average Bonchev–Trinajstić information content (AvgIpc) is 2.31. The molecule has 0 aromatic heterocycles. The van der Waals surface area contributed by atoms with E-state index >= 15 is 0 Å². The Labute approximate surface area is 72.0 Å². The fourth-order valence-corrected chi connectivity index (χ4v) is 2.91. The topological polar surface area (TPSA) is 18.5 Å². The smallest absolute Gasteiger partial charge is 0.0645 e. The number of hydrogen-bond donors (Lipinski definition) is 0. The minimum atomic E-state index is 0.472. The van der Waals surface area contributed by atoms with Crippen LogP contribution in [0, 0.1) is 11.8 Å². The van der Waals surface area contributed by atoms with Crippen molar-refractivity contribution in [2.45, 2.75) is 31.5 Å². The van der Waals surface area contributed by atoms with Crippen molar-refractivity contribution >= 4 is 18.9 Å². The molecule has 4 heteroatoms. The van der Waals surface area contributed by atoms with E-state index in [1.807, 2.05) is 0 Å². The first-order chi connectivity index (χ1) is 5.35. The molecule has 0 aliphatic heterocycles. The Hall–Kier alpha value is 0.780. The van der Waals surface area contributed by atoms with Gasteiger partial charge >= 0.3 is 0 Å². The van der Waals surface area contributed by atoms with Gasteiger partial charge in [0.25, 0.3) is 0 Å². The molecule has 2 fully saturated rings. The van der Waals surface area contributed by atoms with Crippen molar-refractivity contribution in [3.63, 3.8) is 0 Å². The van der Waals surface area contributed by atoms with Crippen LogP contribution in [0.2, 0.25) is 0 Å². The van der Waals surface area contributed by atoms with Crippen molar-refractivity contribution in [3.8, 4) is 0 Å². The Kier molecular flexibility index (Phi) is 2.49. The van der Waals surface area contributed by atoms with E-state index in [9.17, 15) is 0 Å². The van der Waals surface area contributed by atoms with E-state index in [1.165, 1.54) is 19.3 Å². The second kappa shape index (κ2) is 3.26. The second-order valence-corrected chi connectivity index (χ2v) is 4.11. The number of rotatable bonds is 2. The Morgan fingerprint density at radius 2 is 1.82 bits per heavy atom. The van der Waals surface area contributed by atoms with Crippen LogP contribution < -0.4 is 0 Å². The highest BCUT2D eigenvalue weighted by Gasteiger charge is 2.48. The average molecular weight is 192 g/mol. The molecule has 2 unspecified atom stereocenters. The highest BCUT2D eigenvalue weighted by atomic mass is 31.0. The zero-order valence-electron chi connectivity index (χ0n) is 6.40. The Bertz CT molecular complexity index is 151. The summed E-state index contributed by atoms with van der Waals surface area (Å²) in [5, 5.41) is 0. The molecule has 0 aromatic rings. The molecule has 0 N–H and O–H groups in total. The third-order valence-corrected chi connectivity index (χ3v) is 3.82. The van der Waals surface area contributed by atoms with Crippen molar-refractivity contribution in [3.05, 3.63) is 0 Å². The summed E-state index contributed by atoms with van der Waals surface area (Å²) in [6, 6.07) is 0. The van der Waals surface area contributed by atoms with Gasteiger partial charge in [0.15, 0.2) is 0 Å². The van der Waals surface area contributed by atoms with Gasteiger partial charge in [0.05, 0.1) is 12.2 Å². The molecule has 0 saturated heterocycles. The lowest BCUT2D eigenvalue weighted by Gasteiger charge is -2.38. The van der Waals surface area contributed by atoms with Crippen molar-refractivity contribution in [1.82, 2.24) is 0 Å². The summed E-state index contributed by atoms with van der Waals surface area (Å²) in [4.78, 5) is 0. The van der Waals surface area contributed by atoms with Gasteiger partial charge in [0.2, 0.25) is 0 Å². The molecule has 0 bridgehead atoms. The van der Waals surface area contributed by atoms with Crippen LogP contribution in [0.4, 0.5) is 0 Å². The molecule has 0 amide bonds. The maximum Gasteiger partial charge on any atom is 0.0645 e. The third-order valence-electron chi connectivity index (χ3n) is 3.09. The van der Waals surface area contributed by atoms with E-state index in [0.717, 1.165) is 11.8 Å². The molecule has 11 heavy (non-hydrogen) atoms. The first-order valence-electron chi connectivity index (χ1n) is 4.06. The monoisotopic (exact) mass is 192 g/mol. The maximum atomic E-state index is 5.25. The largest absolute Gasteiger partial charge is 0.362 e. The third kappa shape index (κ3) is 1.35.